The van der Waals surface area contributed by atoms with Crippen LogP contribution in [0.1, 0.15) is 39.7 Å². The number of nitrogens with zero attached hydrogens (tertiary/aromatic N) is 1. The first-order chi connectivity index (χ1) is 9.81. The van der Waals surface area contributed by atoms with Gasteiger partial charge in [-0.15, -0.1) is 0 Å². The van der Waals surface area contributed by atoms with E-state index in [9.17, 15) is 9.90 Å². The lowest BCUT2D eigenvalue weighted by Gasteiger charge is -2.46. The van der Waals surface area contributed by atoms with Gasteiger partial charge in [0, 0.05) is 17.3 Å². The molecule has 1 heterocycles. The Hall–Kier alpha value is -1.97. The molecule has 0 radical (unpaired) electrons. The maximum Gasteiger partial charge on any atom is 0.326 e. The predicted octanol–water partition coefficient (Wildman–Crippen LogP) is 3.56. The Morgan fingerprint density at radius 3 is 2.62 bits per heavy atom. The molecule has 0 bridgehead atoms. The molecule has 1 aromatic carbocycles. The smallest absolute Gasteiger partial charge is 0.326 e. The molecule has 1 atom stereocenters. The van der Waals surface area contributed by atoms with Gasteiger partial charge in [-0.25, -0.2) is 4.79 Å². The summed E-state index contributed by atoms with van der Waals surface area (Å²) in [6, 6.07) is 5.28. The Morgan fingerprint density at radius 1 is 1.43 bits per heavy atom. The Morgan fingerprint density at radius 2 is 2.10 bits per heavy atom. The third-order valence-electron chi connectivity index (χ3n) is 4.06. The van der Waals surface area contributed by atoms with E-state index in [0.717, 1.165) is 22.6 Å². The number of fused-ring (bicyclic) bond motifs is 1. The van der Waals surface area contributed by atoms with Gasteiger partial charge in [-0.1, -0.05) is 13.0 Å². The van der Waals surface area contributed by atoms with Crippen LogP contribution in [-0.4, -0.2) is 29.8 Å². The van der Waals surface area contributed by atoms with Crippen LogP contribution in [-0.2, 0) is 4.79 Å². The van der Waals surface area contributed by atoms with E-state index in [0.29, 0.717) is 6.42 Å². The molecular formula is C17H23NO3. The Balaban J connectivity index is 2.66. The summed E-state index contributed by atoms with van der Waals surface area (Å²) in [6.45, 7) is 8.06. The molecule has 1 aromatic rings. The van der Waals surface area contributed by atoms with Gasteiger partial charge in [0.25, 0.3) is 0 Å². The van der Waals surface area contributed by atoms with Crippen molar-refractivity contribution in [1.29, 1.82) is 0 Å². The van der Waals surface area contributed by atoms with Crippen molar-refractivity contribution in [3.63, 3.8) is 0 Å². The molecule has 2 rings (SSSR count). The molecule has 0 aromatic heterocycles. The molecule has 0 unspecified atom stereocenters. The summed E-state index contributed by atoms with van der Waals surface area (Å²) in [4.78, 5) is 13.7. The zero-order chi connectivity index (χ0) is 15.8. The van der Waals surface area contributed by atoms with Gasteiger partial charge < -0.3 is 14.7 Å². The van der Waals surface area contributed by atoms with E-state index in [1.165, 1.54) is 0 Å². The average molecular weight is 289 g/mol. The third kappa shape index (κ3) is 2.62. The zero-order valence-electron chi connectivity index (χ0n) is 13.3. The summed E-state index contributed by atoms with van der Waals surface area (Å²) in [5.41, 5.74) is 2.79. The Labute approximate surface area is 126 Å². The number of ether oxygens (including phenoxy) is 1. The number of carboxylic acid groups (broad SMARTS) is 1. The van der Waals surface area contributed by atoms with Gasteiger partial charge in [0.2, 0.25) is 0 Å². The minimum atomic E-state index is -0.799. The van der Waals surface area contributed by atoms with Gasteiger partial charge in [-0.3, -0.25) is 0 Å². The van der Waals surface area contributed by atoms with Gasteiger partial charge >= 0.3 is 5.97 Å². The minimum Gasteiger partial charge on any atom is -0.497 e. The van der Waals surface area contributed by atoms with Crippen LogP contribution < -0.4 is 9.64 Å². The number of carboxylic acids is 1. The highest BCUT2D eigenvalue weighted by Gasteiger charge is 2.38. The van der Waals surface area contributed by atoms with Gasteiger partial charge in [0.1, 0.15) is 11.8 Å². The summed E-state index contributed by atoms with van der Waals surface area (Å²) in [5, 5.41) is 9.58. The van der Waals surface area contributed by atoms with E-state index in [2.05, 4.69) is 13.0 Å². The van der Waals surface area contributed by atoms with Crippen LogP contribution in [0.3, 0.4) is 0 Å². The molecule has 0 fully saturated rings. The second-order valence-corrected chi connectivity index (χ2v) is 6.00. The van der Waals surface area contributed by atoms with Crippen LogP contribution in [0.5, 0.6) is 5.75 Å². The first-order valence-electron chi connectivity index (χ1n) is 7.21. The molecule has 0 aliphatic carbocycles. The fourth-order valence-electron chi connectivity index (χ4n) is 3.20. The normalized spacial score (nSPS) is 17.8. The van der Waals surface area contributed by atoms with Gasteiger partial charge in [-0.2, -0.15) is 0 Å². The number of anilines is 1. The molecule has 0 saturated carbocycles. The van der Waals surface area contributed by atoms with E-state index in [1.54, 1.807) is 7.11 Å². The number of carbonyl (C=O) groups is 1. The first-order valence-corrected chi connectivity index (χ1v) is 7.21. The van der Waals surface area contributed by atoms with Gasteiger partial charge in [0.15, 0.2) is 0 Å². The van der Waals surface area contributed by atoms with Crippen molar-refractivity contribution in [3.05, 3.63) is 29.8 Å². The van der Waals surface area contributed by atoms with Crippen LogP contribution in [0.2, 0.25) is 0 Å². The maximum atomic E-state index is 11.7. The molecule has 0 amide bonds. The summed E-state index contributed by atoms with van der Waals surface area (Å²) in [7, 11) is 1.62. The summed E-state index contributed by atoms with van der Waals surface area (Å²) < 4.78 is 5.31. The fraction of sp³-hybridized carbons (Fsp3) is 0.471. The summed E-state index contributed by atoms with van der Waals surface area (Å²) >= 11 is 0. The second-order valence-electron chi connectivity index (χ2n) is 6.00. The zero-order valence-corrected chi connectivity index (χ0v) is 13.3. The van der Waals surface area contributed by atoms with Crippen molar-refractivity contribution < 1.29 is 14.6 Å². The van der Waals surface area contributed by atoms with Crippen molar-refractivity contribution in [2.45, 2.75) is 45.7 Å². The quantitative estimate of drug-likeness (QED) is 0.920. The van der Waals surface area contributed by atoms with E-state index < -0.39 is 12.0 Å². The topological polar surface area (TPSA) is 49.8 Å². The molecule has 1 aliphatic rings. The number of methoxy groups -OCH3 is 1. The van der Waals surface area contributed by atoms with Crippen LogP contribution >= 0.6 is 0 Å². The fourth-order valence-corrected chi connectivity index (χ4v) is 3.20. The largest absolute Gasteiger partial charge is 0.497 e. The average Bonchev–Trinajstić information content (AvgIpc) is 2.41. The number of benzene rings is 1. The van der Waals surface area contributed by atoms with Crippen molar-refractivity contribution in [1.82, 2.24) is 0 Å². The van der Waals surface area contributed by atoms with E-state index in [1.807, 2.05) is 43.9 Å². The number of hydrogen-bond acceptors (Lipinski definition) is 3. The SMILES string of the molecule is CC[C@@H](C(=O)O)N1c2cc(OC)ccc2C(C)=CC1(C)C. The Kier molecular flexibility index (Phi) is 3.99. The third-order valence-corrected chi connectivity index (χ3v) is 4.06. The minimum absolute atomic E-state index is 0.359. The second kappa shape index (κ2) is 5.43. The molecule has 4 heteroatoms. The number of rotatable bonds is 4. The van der Waals surface area contributed by atoms with Crippen molar-refractivity contribution >= 4 is 17.2 Å². The number of hydrogen-bond donors (Lipinski definition) is 1. The van der Waals surface area contributed by atoms with Crippen LogP contribution in [0.4, 0.5) is 5.69 Å². The highest BCUT2D eigenvalue weighted by atomic mass is 16.5. The molecule has 21 heavy (non-hydrogen) atoms. The molecule has 4 nitrogen and oxygen atoms in total. The number of aliphatic carboxylic acids is 1. The van der Waals surface area contributed by atoms with Crippen molar-refractivity contribution in [2.75, 3.05) is 12.0 Å². The number of allylic oxidation sites excluding steroid dienone is 1. The Bertz CT molecular complexity index is 590. The van der Waals surface area contributed by atoms with Gasteiger partial charge in [0.05, 0.1) is 12.6 Å². The molecule has 1 N–H and O–H groups in total. The lowest BCUT2D eigenvalue weighted by Crippen LogP contribution is -2.54. The standard InChI is InChI=1S/C17H23NO3/c1-6-14(16(19)20)18-15-9-12(21-5)7-8-13(15)11(2)10-17(18,3)4/h7-10,14H,6H2,1-5H3,(H,19,20)/t14-/m0/s1. The van der Waals surface area contributed by atoms with Crippen molar-refractivity contribution in [2.24, 2.45) is 0 Å². The van der Waals surface area contributed by atoms with E-state index in [4.69, 9.17) is 4.74 Å². The monoisotopic (exact) mass is 289 g/mol. The molecular weight excluding hydrogens is 266 g/mol. The molecule has 114 valence electrons. The lowest BCUT2D eigenvalue weighted by molar-refractivity contribution is -0.139. The molecule has 1 aliphatic heterocycles. The van der Waals surface area contributed by atoms with E-state index >= 15 is 0 Å². The predicted molar refractivity (Wildman–Crippen MR) is 84.9 cm³/mol. The maximum absolute atomic E-state index is 11.7. The van der Waals surface area contributed by atoms with E-state index in [-0.39, 0.29) is 5.54 Å². The molecule has 0 saturated heterocycles. The highest BCUT2D eigenvalue weighted by Crippen LogP contribution is 2.42. The van der Waals surface area contributed by atoms with Crippen molar-refractivity contribution in [3.8, 4) is 5.75 Å². The van der Waals surface area contributed by atoms with Crippen LogP contribution in [0, 0.1) is 0 Å². The first kappa shape index (κ1) is 15.4. The van der Waals surface area contributed by atoms with Crippen LogP contribution in [0.15, 0.2) is 24.3 Å². The molecule has 0 spiro atoms. The van der Waals surface area contributed by atoms with Crippen LogP contribution in [0.25, 0.3) is 5.57 Å². The lowest BCUT2D eigenvalue weighted by atomic mass is 9.86. The van der Waals surface area contributed by atoms with Gasteiger partial charge in [-0.05, 0) is 44.9 Å². The highest BCUT2D eigenvalue weighted by molar-refractivity contribution is 5.87. The summed E-state index contributed by atoms with van der Waals surface area (Å²) in [5.74, 6) is -0.0585. The summed E-state index contributed by atoms with van der Waals surface area (Å²) in [6.07, 6.45) is 2.68.